The summed E-state index contributed by atoms with van der Waals surface area (Å²) in [6.45, 7) is 4.14. The van der Waals surface area contributed by atoms with Gasteiger partial charge in [-0.2, -0.15) is 0 Å². The van der Waals surface area contributed by atoms with Crippen LogP contribution in [0.1, 0.15) is 22.3 Å². The molecule has 102 valence electrons. The number of hydrogen-bond acceptors (Lipinski definition) is 3. The number of methoxy groups -OCH3 is 1. The van der Waals surface area contributed by atoms with Gasteiger partial charge < -0.3 is 14.7 Å². The van der Waals surface area contributed by atoms with Crippen molar-refractivity contribution in [3.63, 3.8) is 0 Å². The maximum absolute atomic E-state index is 11.3. The highest BCUT2D eigenvalue weighted by Crippen LogP contribution is 2.25. The first-order valence-corrected chi connectivity index (χ1v) is 6.37. The summed E-state index contributed by atoms with van der Waals surface area (Å²) in [6.07, 6.45) is 3.04. The first-order valence-electron chi connectivity index (χ1n) is 6.37. The zero-order valence-corrected chi connectivity index (χ0v) is 11.3. The second kappa shape index (κ2) is 5.89. The van der Waals surface area contributed by atoms with Gasteiger partial charge >= 0.3 is 5.97 Å². The lowest BCUT2D eigenvalue weighted by atomic mass is 10.0. The Kier molecular flexibility index (Phi) is 4.22. The quantitative estimate of drug-likeness (QED) is 0.846. The van der Waals surface area contributed by atoms with Crippen LogP contribution >= 0.6 is 0 Å². The Morgan fingerprint density at radius 3 is 2.84 bits per heavy atom. The SMILES string of the molecule is COCC1=CCN(c2ccc(C)cc2C(=O)O)CC1. The van der Waals surface area contributed by atoms with Crippen LogP contribution in [-0.2, 0) is 4.74 Å². The van der Waals surface area contributed by atoms with Crippen LogP contribution in [0.3, 0.4) is 0 Å². The van der Waals surface area contributed by atoms with Crippen molar-refractivity contribution in [3.8, 4) is 0 Å². The summed E-state index contributed by atoms with van der Waals surface area (Å²) in [5.74, 6) is -0.870. The first kappa shape index (κ1) is 13.6. The second-order valence-corrected chi connectivity index (χ2v) is 4.82. The minimum absolute atomic E-state index is 0.378. The van der Waals surface area contributed by atoms with E-state index in [2.05, 4.69) is 11.0 Å². The molecule has 1 aliphatic rings. The number of aryl methyl sites for hydroxylation is 1. The molecule has 1 heterocycles. The van der Waals surface area contributed by atoms with Crippen molar-refractivity contribution in [3.05, 3.63) is 41.0 Å². The molecule has 0 saturated carbocycles. The van der Waals surface area contributed by atoms with E-state index >= 15 is 0 Å². The molecule has 4 nitrogen and oxygen atoms in total. The predicted octanol–water partition coefficient (Wildman–Crippen LogP) is 2.48. The van der Waals surface area contributed by atoms with Gasteiger partial charge in [-0.1, -0.05) is 17.7 Å². The third-order valence-corrected chi connectivity index (χ3v) is 3.36. The summed E-state index contributed by atoms with van der Waals surface area (Å²) in [4.78, 5) is 13.4. The average molecular weight is 261 g/mol. The number of aromatic carboxylic acids is 1. The maximum atomic E-state index is 11.3. The molecule has 0 aliphatic carbocycles. The summed E-state index contributed by atoms with van der Waals surface area (Å²) in [6, 6.07) is 5.58. The molecule has 0 aromatic heterocycles. The molecule has 2 rings (SSSR count). The molecule has 1 N–H and O–H groups in total. The fraction of sp³-hybridized carbons (Fsp3) is 0.400. The van der Waals surface area contributed by atoms with Crippen LogP contribution in [0, 0.1) is 6.92 Å². The van der Waals surface area contributed by atoms with Crippen molar-refractivity contribution in [2.45, 2.75) is 13.3 Å². The maximum Gasteiger partial charge on any atom is 0.337 e. The molecule has 0 fully saturated rings. The molecule has 19 heavy (non-hydrogen) atoms. The van der Waals surface area contributed by atoms with Gasteiger partial charge in [-0.3, -0.25) is 0 Å². The molecule has 4 heteroatoms. The lowest BCUT2D eigenvalue weighted by molar-refractivity contribution is 0.0697. The lowest BCUT2D eigenvalue weighted by Crippen LogP contribution is -2.30. The standard InChI is InChI=1S/C15H19NO3/c1-11-3-4-14(13(9-11)15(17)18)16-7-5-12(6-8-16)10-19-2/h3-5,9H,6-8,10H2,1-2H3,(H,17,18). The average Bonchev–Trinajstić information content (AvgIpc) is 2.40. The summed E-state index contributed by atoms with van der Waals surface area (Å²) in [7, 11) is 1.69. The molecule has 0 radical (unpaired) electrons. The van der Waals surface area contributed by atoms with Crippen molar-refractivity contribution in [1.29, 1.82) is 0 Å². The largest absolute Gasteiger partial charge is 0.478 e. The Hall–Kier alpha value is -1.81. The van der Waals surface area contributed by atoms with Gasteiger partial charge in [0.1, 0.15) is 0 Å². The van der Waals surface area contributed by atoms with E-state index in [0.29, 0.717) is 12.2 Å². The molecule has 0 amide bonds. The molecule has 1 aromatic carbocycles. The van der Waals surface area contributed by atoms with Crippen molar-refractivity contribution in [2.24, 2.45) is 0 Å². The van der Waals surface area contributed by atoms with Gasteiger partial charge in [-0.15, -0.1) is 0 Å². The van der Waals surface area contributed by atoms with Gasteiger partial charge in [0.25, 0.3) is 0 Å². The number of benzene rings is 1. The lowest BCUT2D eigenvalue weighted by Gasteiger charge is -2.29. The number of carboxylic acids is 1. The van der Waals surface area contributed by atoms with Gasteiger partial charge in [-0.05, 0) is 31.1 Å². The summed E-state index contributed by atoms with van der Waals surface area (Å²) in [5, 5.41) is 9.29. The zero-order valence-electron chi connectivity index (χ0n) is 11.3. The Morgan fingerprint density at radius 2 is 2.26 bits per heavy atom. The topological polar surface area (TPSA) is 49.8 Å². The van der Waals surface area contributed by atoms with E-state index in [1.807, 2.05) is 19.1 Å². The number of carboxylic acid groups (broad SMARTS) is 1. The summed E-state index contributed by atoms with van der Waals surface area (Å²) in [5.41, 5.74) is 3.42. The third-order valence-electron chi connectivity index (χ3n) is 3.36. The molecule has 0 unspecified atom stereocenters. The van der Waals surface area contributed by atoms with E-state index in [-0.39, 0.29) is 0 Å². The Morgan fingerprint density at radius 1 is 1.47 bits per heavy atom. The number of hydrogen-bond donors (Lipinski definition) is 1. The monoisotopic (exact) mass is 261 g/mol. The van der Waals surface area contributed by atoms with Crippen molar-refractivity contribution >= 4 is 11.7 Å². The molecule has 0 atom stereocenters. The van der Waals surface area contributed by atoms with Crippen LogP contribution in [0.25, 0.3) is 0 Å². The molecule has 0 spiro atoms. The van der Waals surface area contributed by atoms with Crippen LogP contribution in [0.5, 0.6) is 0 Å². The number of ether oxygens (including phenoxy) is 1. The van der Waals surface area contributed by atoms with Crippen LogP contribution in [-0.4, -0.2) is 37.9 Å². The Bertz CT molecular complexity index is 508. The van der Waals surface area contributed by atoms with E-state index < -0.39 is 5.97 Å². The number of carbonyl (C=O) groups is 1. The highest BCUT2D eigenvalue weighted by molar-refractivity contribution is 5.94. The first-order chi connectivity index (χ1) is 9.11. The predicted molar refractivity (Wildman–Crippen MR) is 74.9 cm³/mol. The molecule has 1 aromatic rings. The minimum Gasteiger partial charge on any atom is -0.478 e. The van der Waals surface area contributed by atoms with Gasteiger partial charge in [0, 0.05) is 20.2 Å². The Labute approximate surface area is 113 Å². The second-order valence-electron chi connectivity index (χ2n) is 4.82. The molecular formula is C15H19NO3. The van der Waals surface area contributed by atoms with Crippen LogP contribution in [0.4, 0.5) is 5.69 Å². The number of nitrogens with zero attached hydrogens (tertiary/aromatic N) is 1. The molecule has 1 aliphatic heterocycles. The number of anilines is 1. The van der Waals surface area contributed by atoms with E-state index in [4.69, 9.17) is 4.74 Å². The fourth-order valence-electron chi connectivity index (χ4n) is 2.34. The third kappa shape index (κ3) is 3.15. The summed E-state index contributed by atoms with van der Waals surface area (Å²) >= 11 is 0. The van der Waals surface area contributed by atoms with E-state index in [9.17, 15) is 9.90 Å². The molecular weight excluding hydrogens is 242 g/mol. The molecule has 0 saturated heterocycles. The van der Waals surface area contributed by atoms with Crippen molar-refractivity contribution in [2.75, 3.05) is 31.7 Å². The van der Waals surface area contributed by atoms with Crippen LogP contribution < -0.4 is 4.90 Å². The highest BCUT2D eigenvalue weighted by atomic mass is 16.5. The fourth-order valence-corrected chi connectivity index (χ4v) is 2.34. The molecule has 0 bridgehead atoms. The van der Waals surface area contributed by atoms with Gasteiger partial charge in [0.2, 0.25) is 0 Å². The summed E-state index contributed by atoms with van der Waals surface area (Å²) < 4.78 is 5.12. The zero-order chi connectivity index (χ0) is 13.8. The van der Waals surface area contributed by atoms with Crippen LogP contribution in [0.15, 0.2) is 29.8 Å². The van der Waals surface area contributed by atoms with Crippen molar-refractivity contribution < 1.29 is 14.6 Å². The van der Waals surface area contributed by atoms with Crippen LogP contribution in [0.2, 0.25) is 0 Å². The minimum atomic E-state index is -0.870. The Balaban J connectivity index is 2.22. The normalized spacial score (nSPS) is 15.3. The van der Waals surface area contributed by atoms with Crippen molar-refractivity contribution in [1.82, 2.24) is 0 Å². The highest BCUT2D eigenvalue weighted by Gasteiger charge is 2.18. The number of rotatable bonds is 4. The van der Waals surface area contributed by atoms with Gasteiger partial charge in [0.15, 0.2) is 0 Å². The van der Waals surface area contributed by atoms with E-state index in [1.165, 1.54) is 5.57 Å². The van der Waals surface area contributed by atoms with E-state index in [0.717, 1.165) is 30.8 Å². The van der Waals surface area contributed by atoms with Gasteiger partial charge in [-0.25, -0.2) is 4.79 Å². The van der Waals surface area contributed by atoms with Gasteiger partial charge in [0.05, 0.1) is 17.9 Å². The van der Waals surface area contributed by atoms with E-state index in [1.54, 1.807) is 13.2 Å². The smallest absolute Gasteiger partial charge is 0.337 e.